The average Bonchev–Trinajstić information content (AvgIpc) is 2.74. The predicted molar refractivity (Wildman–Crippen MR) is 123 cm³/mol. The number of aryl methyl sites for hydroxylation is 2. The van der Waals surface area contributed by atoms with Crippen LogP contribution in [0.5, 0.6) is 0 Å². The Kier molecular flexibility index (Phi) is 7.11. The van der Waals surface area contributed by atoms with Crippen LogP contribution in [0.15, 0.2) is 72.0 Å². The first kappa shape index (κ1) is 21.7. The van der Waals surface area contributed by atoms with E-state index in [2.05, 4.69) is 25.9 Å². The van der Waals surface area contributed by atoms with E-state index in [0.717, 1.165) is 22.4 Å². The number of nitrogens with one attached hydrogen (secondary N) is 3. The monoisotopic (exact) mass is 415 g/mol. The molecule has 3 rings (SSSR count). The van der Waals surface area contributed by atoms with Crippen LogP contribution in [0, 0.1) is 13.8 Å². The van der Waals surface area contributed by atoms with Crippen LogP contribution in [0.3, 0.4) is 0 Å². The highest BCUT2D eigenvalue weighted by molar-refractivity contribution is 6.10. The molecule has 0 bridgehead atoms. The van der Waals surface area contributed by atoms with Gasteiger partial charge in [-0.15, -0.1) is 0 Å². The first-order chi connectivity index (χ1) is 14.9. The van der Waals surface area contributed by atoms with Crippen molar-refractivity contribution in [3.05, 3.63) is 89.2 Å². The summed E-state index contributed by atoms with van der Waals surface area (Å²) >= 11 is 0. The van der Waals surface area contributed by atoms with Crippen LogP contribution in [-0.2, 0) is 11.3 Å². The van der Waals surface area contributed by atoms with Gasteiger partial charge in [-0.2, -0.15) is 0 Å². The number of carbonyl (C=O) groups excluding carboxylic acids is 2. The Labute approximate surface area is 181 Å². The molecule has 2 amide bonds. The second-order valence-electron chi connectivity index (χ2n) is 7.19. The fraction of sp³-hybridized carbons (Fsp3) is 0.167. The maximum atomic E-state index is 12.9. The summed E-state index contributed by atoms with van der Waals surface area (Å²) in [4.78, 5) is 33.0. The van der Waals surface area contributed by atoms with Crippen LogP contribution in [-0.4, -0.2) is 22.8 Å². The van der Waals surface area contributed by atoms with Crippen molar-refractivity contribution < 1.29 is 9.59 Å². The average molecular weight is 415 g/mol. The standard InChI is InChI=1S/C24H25N5O2/c1-16-6-4-8-21(12-16)28-24(26-15-19-7-5-11-25-14-19)29-23(31)20-10-9-17(2)22(13-20)27-18(3)30/h4-14H,15H2,1-3H3,(H,27,30)(H2,26,28,29,31). The fourth-order valence-corrected chi connectivity index (χ4v) is 2.90. The number of hydrogen-bond donors (Lipinski definition) is 3. The third kappa shape index (κ3) is 6.50. The number of aromatic nitrogens is 1. The third-order valence-electron chi connectivity index (χ3n) is 4.47. The van der Waals surface area contributed by atoms with E-state index in [1.54, 1.807) is 30.6 Å². The van der Waals surface area contributed by atoms with Gasteiger partial charge in [-0.25, -0.2) is 4.99 Å². The number of nitrogens with zero attached hydrogens (tertiary/aromatic N) is 2. The highest BCUT2D eigenvalue weighted by atomic mass is 16.2. The SMILES string of the molecule is CC(=O)Nc1cc(C(=O)NC(=NCc2cccnc2)Nc2cccc(C)c2)ccc1C. The number of hydrogen-bond acceptors (Lipinski definition) is 4. The normalized spacial score (nSPS) is 11.0. The molecule has 0 aliphatic heterocycles. The molecule has 0 radical (unpaired) electrons. The van der Waals surface area contributed by atoms with Gasteiger partial charge in [0.2, 0.25) is 11.9 Å². The lowest BCUT2D eigenvalue weighted by molar-refractivity contribution is -0.114. The maximum Gasteiger partial charge on any atom is 0.258 e. The zero-order chi connectivity index (χ0) is 22.2. The van der Waals surface area contributed by atoms with Crippen LogP contribution in [0.4, 0.5) is 11.4 Å². The smallest absolute Gasteiger partial charge is 0.258 e. The van der Waals surface area contributed by atoms with Crippen molar-refractivity contribution in [1.29, 1.82) is 0 Å². The van der Waals surface area contributed by atoms with E-state index in [-0.39, 0.29) is 11.8 Å². The van der Waals surface area contributed by atoms with Crippen molar-refractivity contribution >= 4 is 29.1 Å². The third-order valence-corrected chi connectivity index (χ3v) is 4.47. The van der Waals surface area contributed by atoms with Crippen molar-refractivity contribution in [1.82, 2.24) is 10.3 Å². The molecular formula is C24H25N5O2. The van der Waals surface area contributed by atoms with Crippen LogP contribution < -0.4 is 16.0 Å². The summed E-state index contributed by atoms with van der Waals surface area (Å²) in [7, 11) is 0. The molecule has 0 aliphatic carbocycles. The topological polar surface area (TPSA) is 95.5 Å². The molecule has 0 spiro atoms. The van der Waals surface area contributed by atoms with Gasteiger partial charge in [0.15, 0.2) is 0 Å². The van der Waals surface area contributed by atoms with Gasteiger partial charge in [-0.3, -0.25) is 19.9 Å². The number of carbonyl (C=O) groups is 2. The molecule has 3 N–H and O–H groups in total. The number of pyridine rings is 1. The van der Waals surface area contributed by atoms with E-state index in [9.17, 15) is 9.59 Å². The minimum atomic E-state index is -0.336. The van der Waals surface area contributed by atoms with E-state index in [1.165, 1.54) is 6.92 Å². The summed E-state index contributed by atoms with van der Waals surface area (Å²) < 4.78 is 0. The summed E-state index contributed by atoms with van der Waals surface area (Å²) in [5.74, 6) is -0.210. The van der Waals surface area contributed by atoms with Gasteiger partial charge in [0, 0.05) is 36.3 Å². The van der Waals surface area contributed by atoms with Crippen LogP contribution in [0.1, 0.15) is 34.0 Å². The zero-order valence-corrected chi connectivity index (χ0v) is 17.8. The Bertz CT molecular complexity index is 1110. The molecule has 0 saturated carbocycles. The van der Waals surface area contributed by atoms with E-state index < -0.39 is 0 Å². The highest BCUT2D eigenvalue weighted by Gasteiger charge is 2.12. The van der Waals surface area contributed by atoms with Gasteiger partial charge in [0.05, 0.1) is 6.54 Å². The molecule has 158 valence electrons. The summed E-state index contributed by atoms with van der Waals surface area (Å²) in [6.07, 6.45) is 3.43. The number of amides is 2. The largest absolute Gasteiger partial charge is 0.326 e. The molecule has 2 aromatic carbocycles. The number of benzene rings is 2. The van der Waals surface area contributed by atoms with Crippen molar-refractivity contribution in [3.63, 3.8) is 0 Å². The number of guanidine groups is 1. The Hall–Kier alpha value is -4.00. The minimum absolute atomic E-state index is 0.194. The number of rotatable bonds is 5. The van der Waals surface area contributed by atoms with Gasteiger partial charge in [-0.1, -0.05) is 24.3 Å². The molecule has 1 heterocycles. The molecule has 7 nitrogen and oxygen atoms in total. The Morgan fingerprint density at radius 3 is 2.55 bits per heavy atom. The van der Waals surface area contributed by atoms with E-state index in [4.69, 9.17) is 0 Å². The molecule has 0 unspecified atom stereocenters. The second kappa shape index (κ2) is 10.2. The molecule has 31 heavy (non-hydrogen) atoms. The maximum absolute atomic E-state index is 12.9. The van der Waals surface area contributed by atoms with Crippen LogP contribution in [0.2, 0.25) is 0 Å². The molecule has 7 heteroatoms. The van der Waals surface area contributed by atoms with E-state index in [1.807, 2.05) is 50.2 Å². The molecule has 0 saturated heterocycles. The van der Waals surface area contributed by atoms with Gasteiger partial charge >= 0.3 is 0 Å². The summed E-state index contributed by atoms with van der Waals surface area (Å²) in [6.45, 7) is 5.65. The molecule has 1 aromatic heterocycles. The van der Waals surface area contributed by atoms with Gasteiger partial charge in [0.1, 0.15) is 0 Å². The van der Waals surface area contributed by atoms with Gasteiger partial charge < -0.3 is 10.6 Å². The van der Waals surface area contributed by atoms with Crippen molar-refractivity contribution in [2.45, 2.75) is 27.3 Å². The van der Waals surface area contributed by atoms with Crippen LogP contribution >= 0.6 is 0 Å². The Morgan fingerprint density at radius 2 is 1.84 bits per heavy atom. The first-order valence-corrected chi connectivity index (χ1v) is 9.87. The van der Waals surface area contributed by atoms with Crippen molar-refractivity contribution in [2.24, 2.45) is 4.99 Å². The lowest BCUT2D eigenvalue weighted by Crippen LogP contribution is -2.36. The summed E-state index contributed by atoms with van der Waals surface area (Å²) in [6, 6.07) is 16.7. The molecule has 0 aliphatic rings. The van der Waals surface area contributed by atoms with Gasteiger partial charge in [-0.05, 0) is 60.9 Å². The second-order valence-corrected chi connectivity index (χ2v) is 7.19. The Morgan fingerprint density at radius 1 is 1.00 bits per heavy atom. The fourth-order valence-electron chi connectivity index (χ4n) is 2.90. The number of aliphatic imine (C=N–C) groups is 1. The zero-order valence-electron chi connectivity index (χ0n) is 17.8. The van der Waals surface area contributed by atoms with Crippen molar-refractivity contribution in [2.75, 3.05) is 10.6 Å². The van der Waals surface area contributed by atoms with E-state index in [0.29, 0.717) is 23.8 Å². The quantitative estimate of drug-likeness (QED) is 0.433. The van der Waals surface area contributed by atoms with Crippen molar-refractivity contribution in [3.8, 4) is 0 Å². The van der Waals surface area contributed by atoms with Gasteiger partial charge in [0.25, 0.3) is 5.91 Å². The summed E-state index contributed by atoms with van der Waals surface area (Å²) in [5, 5.41) is 8.76. The van der Waals surface area contributed by atoms with Crippen LogP contribution in [0.25, 0.3) is 0 Å². The Balaban J connectivity index is 1.83. The molecule has 0 fully saturated rings. The highest BCUT2D eigenvalue weighted by Crippen LogP contribution is 2.17. The lowest BCUT2D eigenvalue weighted by Gasteiger charge is -2.14. The predicted octanol–water partition coefficient (Wildman–Crippen LogP) is 4.05. The van der Waals surface area contributed by atoms with E-state index >= 15 is 0 Å². The minimum Gasteiger partial charge on any atom is -0.326 e. The first-order valence-electron chi connectivity index (χ1n) is 9.87. The lowest BCUT2D eigenvalue weighted by atomic mass is 10.1. The molecule has 3 aromatic rings. The number of anilines is 2. The summed E-state index contributed by atoms with van der Waals surface area (Å²) in [5.41, 5.74) is 4.70. The molecular weight excluding hydrogens is 390 g/mol. The molecule has 0 atom stereocenters.